The lowest BCUT2D eigenvalue weighted by Crippen LogP contribution is -2.44. The lowest BCUT2D eigenvalue weighted by Gasteiger charge is -2.23. The van der Waals surface area contributed by atoms with E-state index >= 15 is 0 Å². The Labute approximate surface area is 186 Å². The van der Waals surface area contributed by atoms with Crippen molar-refractivity contribution in [3.63, 3.8) is 0 Å². The average Bonchev–Trinajstić information content (AvgIpc) is 3.42. The minimum Gasteiger partial charge on any atom is -0.453 e. The van der Waals surface area contributed by atoms with Crippen molar-refractivity contribution < 1.29 is 13.9 Å². The smallest absolute Gasteiger partial charge is 0.239 e. The lowest BCUT2D eigenvalue weighted by molar-refractivity contribution is -0.131. The van der Waals surface area contributed by atoms with Crippen LogP contribution in [0.4, 0.5) is 4.39 Å². The number of aryl methyl sites for hydroxylation is 1. The Morgan fingerprint density at radius 2 is 2.00 bits per heavy atom. The van der Waals surface area contributed by atoms with E-state index in [-0.39, 0.29) is 18.1 Å². The number of pyridine rings is 1. The van der Waals surface area contributed by atoms with Gasteiger partial charge in [0.1, 0.15) is 11.4 Å². The summed E-state index contributed by atoms with van der Waals surface area (Å²) < 4.78 is 20.7. The Bertz CT molecular complexity index is 1150. The molecule has 7 nitrogen and oxygen atoms in total. The first kappa shape index (κ1) is 20.9. The summed E-state index contributed by atoms with van der Waals surface area (Å²) in [5, 5.41) is 0.824. The van der Waals surface area contributed by atoms with Gasteiger partial charge in [-0.15, -0.1) is 0 Å². The summed E-state index contributed by atoms with van der Waals surface area (Å²) >= 11 is 0. The molecule has 8 heteroatoms. The van der Waals surface area contributed by atoms with E-state index in [0.717, 1.165) is 37.1 Å². The second-order valence-corrected chi connectivity index (χ2v) is 9.17. The number of aromatic nitrogens is 2. The molecule has 0 saturated carbocycles. The van der Waals surface area contributed by atoms with E-state index in [4.69, 9.17) is 10.5 Å². The monoisotopic (exact) mass is 437 g/mol. The summed E-state index contributed by atoms with van der Waals surface area (Å²) in [5.74, 6) is 1.20. The van der Waals surface area contributed by atoms with Crippen molar-refractivity contribution in [3.05, 3.63) is 53.6 Å². The maximum absolute atomic E-state index is 14.8. The number of benzene rings is 1. The second-order valence-electron chi connectivity index (χ2n) is 9.17. The van der Waals surface area contributed by atoms with Gasteiger partial charge in [-0.05, 0) is 61.6 Å². The molecule has 0 spiro atoms. The number of hydrogen-bond acceptors (Lipinski definition) is 5. The van der Waals surface area contributed by atoms with Crippen molar-refractivity contribution in [3.8, 4) is 11.5 Å². The zero-order valence-electron chi connectivity index (χ0n) is 18.3. The number of carbonyl (C=O) groups excluding carboxylic acids is 1. The maximum atomic E-state index is 14.8. The standard InChI is InChI=1S/C24H28FN5O2/c1-14-9-28-23-22(14)21(5-6-27-23)32-20-4-3-15(7-18(20)25)8-19(26)24(31)30-12-16-10-29(2)11-17(16)13-30/h3-7,9,16-17,19H,8,10-13,26H2,1-2H3,(H,27,28)/t16-,17+,19?. The van der Waals surface area contributed by atoms with Crippen LogP contribution >= 0.6 is 0 Å². The van der Waals surface area contributed by atoms with Crippen LogP contribution in [-0.2, 0) is 11.2 Å². The fraction of sp³-hybridized carbons (Fsp3) is 0.417. The quantitative estimate of drug-likeness (QED) is 0.641. The largest absolute Gasteiger partial charge is 0.453 e. The molecule has 2 fully saturated rings. The molecule has 168 valence electrons. The Balaban J connectivity index is 1.25. The van der Waals surface area contributed by atoms with Gasteiger partial charge in [-0.3, -0.25) is 4.79 Å². The van der Waals surface area contributed by atoms with Crippen molar-refractivity contribution in [1.29, 1.82) is 0 Å². The molecule has 3 aromatic rings. The zero-order chi connectivity index (χ0) is 22.4. The summed E-state index contributed by atoms with van der Waals surface area (Å²) in [7, 11) is 2.12. The average molecular weight is 438 g/mol. The highest BCUT2D eigenvalue weighted by atomic mass is 19.1. The molecule has 2 aliphatic rings. The number of H-pyrrole nitrogens is 1. The first-order valence-electron chi connectivity index (χ1n) is 11.0. The van der Waals surface area contributed by atoms with Gasteiger partial charge in [0.25, 0.3) is 0 Å². The molecular weight excluding hydrogens is 409 g/mol. The lowest BCUT2D eigenvalue weighted by atomic mass is 10.0. The topological polar surface area (TPSA) is 87.5 Å². The van der Waals surface area contributed by atoms with Crippen molar-refractivity contribution in [2.24, 2.45) is 17.6 Å². The van der Waals surface area contributed by atoms with E-state index in [9.17, 15) is 9.18 Å². The number of nitrogens with two attached hydrogens (primary N) is 1. The molecule has 0 aliphatic carbocycles. The molecule has 0 radical (unpaired) electrons. The van der Waals surface area contributed by atoms with Gasteiger partial charge in [0, 0.05) is 38.6 Å². The summed E-state index contributed by atoms with van der Waals surface area (Å²) in [6.45, 7) is 5.53. The number of nitrogens with zero attached hydrogens (tertiary/aromatic N) is 3. The highest BCUT2D eigenvalue weighted by Gasteiger charge is 2.41. The molecule has 1 unspecified atom stereocenters. The molecule has 2 saturated heterocycles. The van der Waals surface area contributed by atoms with Crippen LogP contribution in [0.3, 0.4) is 0 Å². The van der Waals surface area contributed by atoms with Crippen LogP contribution in [-0.4, -0.2) is 64.9 Å². The number of nitrogens with one attached hydrogen (secondary N) is 1. The highest BCUT2D eigenvalue weighted by molar-refractivity contribution is 5.86. The third kappa shape index (κ3) is 3.84. The fourth-order valence-corrected chi connectivity index (χ4v) is 5.12. The third-order valence-corrected chi connectivity index (χ3v) is 6.70. The predicted molar refractivity (Wildman–Crippen MR) is 120 cm³/mol. The van der Waals surface area contributed by atoms with E-state index in [0.29, 0.717) is 28.8 Å². The van der Waals surface area contributed by atoms with Crippen molar-refractivity contribution in [1.82, 2.24) is 19.8 Å². The first-order chi connectivity index (χ1) is 15.4. The molecule has 1 amide bonds. The number of halogens is 1. The van der Waals surface area contributed by atoms with Gasteiger partial charge < -0.3 is 25.3 Å². The Morgan fingerprint density at radius 1 is 1.25 bits per heavy atom. The molecule has 0 bridgehead atoms. The number of carbonyl (C=O) groups is 1. The van der Waals surface area contributed by atoms with E-state index in [1.165, 1.54) is 6.07 Å². The van der Waals surface area contributed by atoms with Crippen molar-refractivity contribution >= 4 is 16.9 Å². The number of rotatable bonds is 5. The van der Waals surface area contributed by atoms with Gasteiger partial charge in [0.15, 0.2) is 11.6 Å². The van der Waals surface area contributed by atoms with Crippen LogP contribution in [0.5, 0.6) is 11.5 Å². The van der Waals surface area contributed by atoms with Crippen LogP contribution in [0.1, 0.15) is 11.1 Å². The van der Waals surface area contributed by atoms with Crippen LogP contribution in [0.25, 0.3) is 11.0 Å². The molecule has 4 heterocycles. The van der Waals surface area contributed by atoms with E-state index in [2.05, 4.69) is 21.9 Å². The van der Waals surface area contributed by atoms with Crippen LogP contribution in [0.2, 0.25) is 0 Å². The number of ether oxygens (including phenoxy) is 1. The number of fused-ring (bicyclic) bond motifs is 2. The SMILES string of the molecule is Cc1c[nH]c2nccc(Oc3ccc(CC(N)C(=O)N4C[C@H]5CN(C)C[C@H]5C4)cc3F)c12. The summed E-state index contributed by atoms with van der Waals surface area (Å²) in [4.78, 5) is 24.4. The number of amides is 1. The fourth-order valence-electron chi connectivity index (χ4n) is 5.12. The van der Waals surface area contributed by atoms with Gasteiger partial charge in [-0.2, -0.15) is 0 Å². The van der Waals surface area contributed by atoms with Gasteiger partial charge in [-0.1, -0.05) is 6.07 Å². The van der Waals surface area contributed by atoms with E-state index < -0.39 is 11.9 Å². The first-order valence-corrected chi connectivity index (χ1v) is 11.0. The Hall–Kier alpha value is -2.97. The summed E-state index contributed by atoms with van der Waals surface area (Å²) in [5.41, 5.74) is 8.56. The van der Waals surface area contributed by atoms with Gasteiger partial charge in [0.2, 0.25) is 5.91 Å². The van der Waals surface area contributed by atoms with Crippen LogP contribution in [0, 0.1) is 24.6 Å². The molecule has 1 aromatic carbocycles. The Morgan fingerprint density at radius 3 is 2.72 bits per heavy atom. The molecule has 2 aliphatic heterocycles. The maximum Gasteiger partial charge on any atom is 0.239 e. The highest BCUT2D eigenvalue weighted by Crippen LogP contribution is 2.33. The number of likely N-dealkylation sites (tertiary alicyclic amines) is 2. The summed E-state index contributed by atoms with van der Waals surface area (Å²) in [6, 6.07) is 5.79. The second kappa shape index (κ2) is 8.18. The Kier molecular flexibility index (Phi) is 5.35. The van der Waals surface area contributed by atoms with Crippen LogP contribution in [0.15, 0.2) is 36.7 Å². The molecule has 3 atom stereocenters. The van der Waals surface area contributed by atoms with Gasteiger partial charge in [0.05, 0.1) is 11.4 Å². The number of aromatic amines is 1. The molecule has 5 rings (SSSR count). The predicted octanol–water partition coefficient (Wildman–Crippen LogP) is 2.69. The van der Waals surface area contributed by atoms with E-state index in [1.54, 1.807) is 24.4 Å². The van der Waals surface area contributed by atoms with Crippen molar-refractivity contribution in [2.45, 2.75) is 19.4 Å². The van der Waals surface area contributed by atoms with Crippen LogP contribution < -0.4 is 10.5 Å². The van der Waals surface area contributed by atoms with Gasteiger partial charge >= 0.3 is 0 Å². The van der Waals surface area contributed by atoms with Gasteiger partial charge in [-0.25, -0.2) is 9.37 Å². The molecule has 2 aromatic heterocycles. The molecule has 3 N–H and O–H groups in total. The number of hydrogen-bond donors (Lipinski definition) is 2. The van der Waals surface area contributed by atoms with Crippen molar-refractivity contribution in [2.75, 3.05) is 33.2 Å². The normalized spacial score (nSPS) is 21.8. The molecule has 32 heavy (non-hydrogen) atoms. The third-order valence-electron chi connectivity index (χ3n) is 6.70. The molecular formula is C24H28FN5O2. The zero-order valence-corrected chi connectivity index (χ0v) is 18.3. The minimum atomic E-state index is -0.681. The summed E-state index contributed by atoms with van der Waals surface area (Å²) in [6.07, 6.45) is 3.75. The minimum absolute atomic E-state index is 0.0510. The van der Waals surface area contributed by atoms with E-state index in [1.807, 2.05) is 18.0 Å².